The fourth-order valence-corrected chi connectivity index (χ4v) is 4.36. The Morgan fingerprint density at radius 3 is 1.68 bits per heavy atom. The first-order valence-corrected chi connectivity index (χ1v) is 15.0. The minimum absolute atomic E-state index is 0.124. The van der Waals surface area contributed by atoms with Crippen molar-refractivity contribution in [3.05, 3.63) is 10.2 Å². The van der Waals surface area contributed by atoms with Crippen molar-refractivity contribution in [1.82, 2.24) is 0 Å². The Morgan fingerprint density at radius 1 is 0.955 bits per heavy atom. The second kappa shape index (κ2) is 7.80. The van der Waals surface area contributed by atoms with Gasteiger partial charge in [0.25, 0.3) is 0 Å². The minimum atomic E-state index is -1.79. The lowest BCUT2D eigenvalue weighted by molar-refractivity contribution is 0.109. The summed E-state index contributed by atoms with van der Waals surface area (Å²) in [6.07, 6.45) is 1.00. The molecule has 0 N–H and O–H groups in total. The Hall–Kier alpha value is 0.824. The molecule has 2 nitrogen and oxygen atoms in total. The largest absolute Gasteiger partial charge is 0.414 e. The van der Waals surface area contributed by atoms with Crippen LogP contribution in [0.3, 0.4) is 0 Å². The molecule has 5 heteroatoms. The van der Waals surface area contributed by atoms with Crippen molar-refractivity contribution in [2.75, 3.05) is 6.61 Å². The van der Waals surface area contributed by atoms with Gasteiger partial charge in [-0.15, -0.1) is 0 Å². The van der Waals surface area contributed by atoms with E-state index in [2.05, 4.69) is 96.9 Å². The molecule has 1 atom stereocenters. The monoisotopic (exact) mass is 456 g/mol. The molecule has 0 saturated carbocycles. The molecule has 0 aromatic rings. The molecule has 0 aliphatic heterocycles. The standard InChI is InChI=1S/C17H37IO2Si2/c1-14(18)12-15(20-22(10,11)17(5,6)7)13-19-21(8,9)16(2,3)4/h15H,1,12-13H2,2-11H3. The highest BCUT2D eigenvalue weighted by atomic mass is 127. The van der Waals surface area contributed by atoms with Gasteiger partial charge < -0.3 is 8.85 Å². The lowest BCUT2D eigenvalue weighted by atomic mass is 10.2. The average molecular weight is 457 g/mol. The summed E-state index contributed by atoms with van der Waals surface area (Å²) in [5.41, 5.74) is 0. The van der Waals surface area contributed by atoms with Crippen molar-refractivity contribution in [1.29, 1.82) is 0 Å². The summed E-state index contributed by atoms with van der Waals surface area (Å²) < 4.78 is 14.1. The Kier molecular flexibility index (Phi) is 8.10. The van der Waals surface area contributed by atoms with E-state index in [4.69, 9.17) is 8.85 Å². The maximum atomic E-state index is 6.59. The molecule has 22 heavy (non-hydrogen) atoms. The first kappa shape index (κ1) is 22.8. The highest BCUT2D eigenvalue weighted by Gasteiger charge is 2.41. The van der Waals surface area contributed by atoms with Crippen LogP contribution in [0.1, 0.15) is 48.0 Å². The zero-order chi connectivity index (χ0) is 18.0. The van der Waals surface area contributed by atoms with E-state index in [0.717, 1.165) is 10.0 Å². The van der Waals surface area contributed by atoms with Crippen LogP contribution in [0.4, 0.5) is 0 Å². The van der Waals surface area contributed by atoms with Gasteiger partial charge in [-0.2, -0.15) is 0 Å². The van der Waals surface area contributed by atoms with Gasteiger partial charge in [-0.3, -0.25) is 0 Å². The summed E-state index contributed by atoms with van der Waals surface area (Å²) in [6, 6.07) is 0. The molecule has 0 bridgehead atoms. The Labute approximate surface area is 154 Å². The van der Waals surface area contributed by atoms with Crippen LogP contribution < -0.4 is 0 Å². The van der Waals surface area contributed by atoms with E-state index in [9.17, 15) is 0 Å². The summed E-state index contributed by atoms with van der Waals surface area (Å²) >= 11 is 2.30. The summed E-state index contributed by atoms with van der Waals surface area (Å²) in [7, 11) is -3.52. The van der Waals surface area contributed by atoms with E-state index >= 15 is 0 Å². The van der Waals surface area contributed by atoms with Gasteiger partial charge in [-0.25, -0.2) is 0 Å². The number of hydrogen-bond acceptors (Lipinski definition) is 2. The molecule has 0 saturated heterocycles. The molecule has 0 aliphatic carbocycles. The zero-order valence-corrected chi connectivity index (χ0v) is 20.6. The zero-order valence-electron chi connectivity index (χ0n) is 16.4. The smallest absolute Gasteiger partial charge is 0.192 e. The third-order valence-corrected chi connectivity index (χ3v) is 14.6. The quantitative estimate of drug-likeness (QED) is 0.312. The predicted molar refractivity (Wildman–Crippen MR) is 113 cm³/mol. The van der Waals surface area contributed by atoms with Gasteiger partial charge in [-0.05, 0) is 62.4 Å². The molecular formula is C17H37IO2Si2. The fourth-order valence-electron chi connectivity index (χ4n) is 1.49. The van der Waals surface area contributed by atoms with Crippen molar-refractivity contribution in [3.63, 3.8) is 0 Å². The molecule has 0 spiro atoms. The average Bonchev–Trinajstić information content (AvgIpc) is 2.21. The van der Waals surface area contributed by atoms with Crippen LogP contribution in [0.15, 0.2) is 10.2 Å². The van der Waals surface area contributed by atoms with Gasteiger partial charge in [0.2, 0.25) is 0 Å². The van der Waals surface area contributed by atoms with Gasteiger partial charge in [0.05, 0.1) is 12.7 Å². The molecule has 0 fully saturated rings. The van der Waals surface area contributed by atoms with E-state index in [1.54, 1.807) is 0 Å². The molecule has 0 radical (unpaired) electrons. The Balaban J connectivity index is 4.99. The van der Waals surface area contributed by atoms with Crippen molar-refractivity contribution < 1.29 is 8.85 Å². The summed E-state index contributed by atoms with van der Waals surface area (Å²) in [5.74, 6) is 0. The third kappa shape index (κ3) is 7.15. The first-order chi connectivity index (χ1) is 9.49. The van der Waals surface area contributed by atoms with Crippen LogP contribution in [0, 0.1) is 0 Å². The van der Waals surface area contributed by atoms with E-state index in [1.807, 2.05) is 0 Å². The van der Waals surface area contributed by atoms with E-state index in [-0.39, 0.29) is 16.2 Å². The van der Waals surface area contributed by atoms with Crippen LogP contribution in [0.2, 0.25) is 36.3 Å². The summed E-state index contributed by atoms with van der Waals surface area (Å²) in [4.78, 5) is 0. The minimum Gasteiger partial charge on any atom is -0.414 e. The topological polar surface area (TPSA) is 18.5 Å². The normalized spacial score (nSPS) is 15.8. The second-order valence-electron chi connectivity index (χ2n) is 9.29. The van der Waals surface area contributed by atoms with Crippen molar-refractivity contribution >= 4 is 39.2 Å². The molecule has 0 heterocycles. The van der Waals surface area contributed by atoms with Crippen molar-refractivity contribution in [2.24, 2.45) is 0 Å². The van der Waals surface area contributed by atoms with Gasteiger partial charge in [0, 0.05) is 6.42 Å². The summed E-state index contributed by atoms with van der Waals surface area (Å²) in [6.45, 7) is 27.6. The van der Waals surface area contributed by atoms with Crippen LogP contribution in [0.5, 0.6) is 0 Å². The van der Waals surface area contributed by atoms with E-state index in [1.165, 1.54) is 0 Å². The molecule has 1 unspecified atom stereocenters. The Morgan fingerprint density at radius 2 is 1.36 bits per heavy atom. The highest BCUT2D eigenvalue weighted by Crippen LogP contribution is 2.39. The Bertz CT molecular complexity index is 379. The van der Waals surface area contributed by atoms with E-state index in [0.29, 0.717) is 6.61 Å². The second-order valence-corrected chi connectivity index (χ2v) is 20.4. The molecule has 132 valence electrons. The molecule has 0 aliphatic rings. The number of halogens is 1. The van der Waals surface area contributed by atoms with Crippen molar-refractivity contribution in [3.8, 4) is 0 Å². The van der Waals surface area contributed by atoms with Gasteiger partial charge >= 0.3 is 0 Å². The predicted octanol–water partition coefficient (Wildman–Crippen LogP) is 6.74. The molecule has 0 aromatic carbocycles. The highest BCUT2D eigenvalue weighted by molar-refractivity contribution is 14.1. The number of hydrogen-bond donors (Lipinski definition) is 0. The third-order valence-electron chi connectivity index (χ3n) is 5.15. The van der Waals surface area contributed by atoms with Crippen LogP contribution >= 0.6 is 22.6 Å². The maximum absolute atomic E-state index is 6.59. The lowest BCUT2D eigenvalue weighted by Crippen LogP contribution is -2.47. The molecule has 0 amide bonds. The van der Waals surface area contributed by atoms with Gasteiger partial charge in [-0.1, -0.05) is 48.1 Å². The molecule has 0 rings (SSSR count). The van der Waals surface area contributed by atoms with Crippen LogP contribution in [-0.4, -0.2) is 29.3 Å². The number of rotatable bonds is 7. The SMILES string of the molecule is C=C(I)CC(CO[Si](C)(C)C(C)(C)C)O[Si](C)(C)C(C)(C)C. The van der Waals surface area contributed by atoms with Gasteiger partial charge in [0.1, 0.15) is 0 Å². The van der Waals surface area contributed by atoms with Crippen molar-refractivity contribution in [2.45, 2.75) is 90.3 Å². The maximum Gasteiger partial charge on any atom is 0.192 e. The van der Waals surface area contributed by atoms with Crippen LogP contribution in [0.25, 0.3) is 0 Å². The first-order valence-electron chi connectivity index (χ1n) is 8.15. The molecular weight excluding hydrogens is 419 g/mol. The summed E-state index contributed by atoms with van der Waals surface area (Å²) in [5, 5.41) is 0.449. The van der Waals surface area contributed by atoms with Crippen LogP contribution in [-0.2, 0) is 8.85 Å². The fraction of sp³-hybridized carbons (Fsp3) is 0.882. The molecule has 0 aromatic heterocycles. The van der Waals surface area contributed by atoms with E-state index < -0.39 is 16.6 Å². The lowest BCUT2D eigenvalue weighted by Gasteiger charge is -2.41. The van der Waals surface area contributed by atoms with Gasteiger partial charge in [0.15, 0.2) is 16.6 Å².